The summed E-state index contributed by atoms with van der Waals surface area (Å²) in [6.07, 6.45) is 0. The van der Waals surface area contributed by atoms with E-state index < -0.39 is 4.92 Å². The van der Waals surface area contributed by atoms with E-state index in [1.54, 1.807) is 22.9 Å². The van der Waals surface area contributed by atoms with Crippen molar-refractivity contribution in [3.05, 3.63) is 74.0 Å². The summed E-state index contributed by atoms with van der Waals surface area (Å²) in [5, 5.41) is 14.4. The second kappa shape index (κ2) is 6.31. The largest absolute Gasteiger partial charge is 0.279 e. The second-order valence-electron chi connectivity index (χ2n) is 4.87. The lowest BCUT2D eigenvalue weighted by atomic mass is 10.2. The molecular weight excluding hydrogens is 336 g/mol. The molecule has 0 aliphatic carbocycles. The third-order valence-electron chi connectivity index (χ3n) is 3.26. The van der Waals surface area contributed by atoms with Crippen molar-refractivity contribution in [2.75, 3.05) is 0 Å². The number of nitro benzene ring substituents is 1. The van der Waals surface area contributed by atoms with Gasteiger partial charge in [0.1, 0.15) is 0 Å². The Hall–Kier alpha value is -2.51. The molecule has 0 aliphatic rings. The van der Waals surface area contributed by atoms with Crippen molar-refractivity contribution >= 4 is 29.5 Å². The molecule has 1 N–H and O–H groups in total. The van der Waals surface area contributed by atoms with Gasteiger partial charge in [-0.05, 0) is 42.0 Å². The van der Waals surface area contributed by atoms with Gasteiger partial charge in [0.2, 0.25) is 4.77 Å². The predicted molar refractivity (Wildman–Crippen MR) is 90.1 cm³/mol. The zero-order chi connectivity index (χ0) is 16.4. The Kier molecular flexibility index (Phi) is 4.22. The van der Waals surface area contributed by atoms with Gasteiger partial charge in [-0.2, -0.15) is 4.98 Å². The Morgan fingerprint density at radius 3 is 2.65 bits per heavy atom. The van der Waals surface area contributed by atoms with Crippen LogP contribution in [0.1, 0.15) is 5.56 Å². The maximum Gasteiger partial charge on any atom is 0.269 e. The zero-order valence-corrected chi connectivity index (χ0v) is 13.3. The number of rotatable bonds is 4. The molecule has 2 aromatic carbocycles. The van der Waals surface area contributed by atoms with E-state index in [0.29, 0.717) is 22.2 Å². The van der Waals surface area contributed by atoms with Crippen molar-refractivity contribution in [3.8, 4) is 11.4 Å². The van der Waals surface area contributed by atoms with Crippen LogP contribution in [0.15, 0.2) is 48.5 Å². The maximum atomic E-state index is 10.7. The molecule has 0 radical (unpaired) electrons. The minimum atomic E-state index is -0.441. The number of aromatic amines is 1. The molecule has 3 aromatic rings. The highest BCUT2D eigenvalue weighted by Gasteiger charge is 2.09. The molecule has 0 atom stereocenters. The van der Waals surface area contributed by atoms with Crippen LogP contribution < -0.4 is 0 Å². The summed E-state index contributed by atoms with van der Waals surface area (Å²) in [5.74, 6) is 0.562. The van der Waals surface area contributed by atoms with Crippen LogP contribution in [0.3, 0.4) is 0 Å². The minimum Gasteiger partial charge on any atom is -0.279 e. The van der Waals surface area contributed by atoms with E-state index in [4.69, 9.17) is 23.8 Å². The molecule has 3 rings (SSSR count). The van der Waals surface area contributed by atoms with Gasteiger partial charge in [0.25, 0.3) is 5.69 Å². The van der Waals surface area contributed by atoms with Crippen LogP contribution in [0.2, 0.25) is 5.02 Å². The van der Waals surface area contributed by atoms with Gasteiger partial charge >= 0.3 is 0 Å². The fourth-order valence-electron chi connectivity index (χ4n) is 2.15. The molecule has 1 heterocycles. The molecule has 0 unspecified atom stereocenters. The van der Waals surface area contributed by atoms with Gasteiger partial charge < -0.3 is 0 Å². The predicted octanol–water partition coefficient (Wildman–Crippen LogP) is 4.22. The van der Waals surface area contributed by atoms with Crippen molar-refractivity contribution in [2.45, 2.75) is 6.54 Å². The summed E-state index contributed by atoms with van der Waals surface area (Å²) in [6, 6.07) is 13.6. The number of nitrogens with one attached hydrogen (secondary N) is 1. The lowest BCUT2D eigenvalue weighted by Gasteiger charge is -2.03. The Labute approximate surface area is 141 Å². The summed E-state index contributed by atoms with van der Waals surface area (Å²) in [7, 11) is 0. The number of nitro groups is 1. The van der Waals surface area contributed by atoms with Gasteiger partial charge in [0.05, 0.1) is 11.5 Å². The molecule has 6 nitrogen and oxygen atoms in total. The first-order chi connectivity index (χ1) is 11.0. The highest BCUT2D eigenvalue weighted by atomic mass is 35.5. The van der Waals surface area contributed by atoms with Gasteiger partial charge in [-0.3, -0.25) is 19.9 Å². The summed E-state index contributed by atoms with van der Waals surface area (Å²) in [4.78, 5) is 14.5. The van der Waals surface area contributed by atoms with Gasteiger partial charge in [0, 0.05) is 22.7 Å². The minimum absolute atomic E-state index is 0.0331. The summed E-state index contributed by atoms with van der Waals surface area (Å²) in [6.45, 7) is 0.513. The molecule has 0 bridgehead atoms. The third-order valence-corrected chi connectivity index (χ3v) is 3.81. The molecule has 8 heteroatoms. The van der Waals surface area contributed by atoms with Crippen LogP contribution in [0.4, 0.5) is 5.69 Å². The number of halogens is 1. The quantitative estimate of drug-likeness (QED) is 0.436. The lowest BCUT2D eigenvalue weighted by Crippen LogP contribution is -2.01. The third kappa shape index (κ3) is 3.46. The standard InChI is InChI=1S/C15H11ClN4O2S/c16-12-3-1-2-10(8-12)9-19-15(23)17-14(18-19)11-4-6-13(7-5-11)20(21)22/h1-8H,9H2,(H,17,18,23). The van der Waals surface area contributed by atoms with Crippen molar-refractivity contribution in [2.24, 2.45) is 0 Å². The molecule has 0 fully saturated rings. The fourth-order valence-corrected chi connectivity index (χ4v) is 2.57. The highest BCUT2D eigenvalue weighted by Crippen LogP contribution is 2.20. The second-order valence-corrected chi connectivity index (χ2v) is 5.68. The van der Waals surface area contributed by atoms with E-state index in [9.17, 15) is 10.1 Å². The molecule has 0 saturated carbocycles. The molecule has 23 heavy (non-hydrogen) atoms. The smallest absolute Gasteiger partial charge is 0.269 e. The molecule has 116 valence electrons. The van der Waals surface area contributed by atoms with Gasteiger partial charge in [0.15, 0.2) is 5.82 Å². The lowest BCUT2D eigenvalue weighted by molar-refractivity contribution is -0.384. The molecule has 0 aliphatic heterocycles. The Balaban J connectivity index is 1.88. The van der Waals surface area contributed by atoms with E-state index in [-0.39, 0.29) is 5.69 Å². The number of hydrogen-bond acceptors (Lipinski definition) is 4. The van der Waals surface area contributed by atoms with Crippen LogP contribution in [-0.2, 0) is 6.54 Å². The van der Waals surface area contributed by atoms with Gasteiger partial charge in [-0.1, -0.05) is 23.7 Å². The van der Waals surface area contributed by atoms with Crippen molar-refractivity contribution < 1.29 is 4.92 Å². The van der Waals surface area contributed by atoms with E-state index in [1.165, 1.54) is 12.1 Å². The van der Waals surface area contributed by atoms with E-state index in [1.807, 2.05) is 18.2 Å². The molecule has 0 spiro atoms. The molecule has 1 aromatic heterocycles. The normalized spacial score (nSPS) is 10.7. The van der Waals surface area contributed by atoms with Crippen molar-refractivity contribution in [3.63, 3.8) is 0 Å². The number of hydrogen-bond donors (Lipinski definition) is 1. The zero-order valence-electron chi connectivity index (χ0n) is 11.8. The topological polar surface area (TPSA) is 76.8 Å². The monoisotopic (exact) mass is 346 g/mol. The van der Waals surface area contributed by atoms with Crippen molar-refractivity contribution in [1.29, 1.82) is 0 Å². The summed E-state index contributed by atoms with van der Waals surface area (Å²) >= 11 is 11.2. The molecular formula is C15H11ClN4O2S. The average molecular weight is 347 g/mol. The van der Waals surface area contributed by atoms with E-state index >= 15 is 0 Å². The van der Waals surface area contributed by atoms with Crippen LogP contribution in [0.5, 0.6) is 0 Å². The Bertz CT molecular complexity index is 918. The first kappa shape index (κ1) is 15.4. The summed E-state index contributed by atoms with van der Waals surface area (Å²) < 4.78 is 2.12. The summed E-state index contributed by atoms with van der Waals surface area (Å²) in [5.41, 5.74) is 1.75. The SMILES string of the molecule is O=[N+]([O-])c1ccc(-c2nc(=S)n(Cc3cccc(Cl)c3)[nH]2)cc1. The van der Waals surface area contributed by atoms with E-state index in [2.05, 4.69) is 10.1 Å². The van der Waals surface area contributed by atoms with Crippen LogP contribution in [0.25, 0.3) is 11.4 Å². The highest BCUT2D eigenvalue weighted by molar-refractivity contribution is 7.71. The molecule has 0 saturated heterocycles. The fraction of sp³-hybridized carbons (Fsp3) is 0.0667. The maximum absolute atomic E-state index is 10.7. The van der Waals surface area contributed by atoms with Crippen LogP contribution in [0, 0.1) is 14.9 Å². The van der Waals surface area contributed by atoms with Gasteiger partial charge in [-0.25, -0.2) is 0 Å². The van der Waals surface area contributed by atoms with E-state index in [0.717, 1.165) is 11.1 Å². The number of aromatic nitrogens is 3. The molecule has 0 amide bonds. The Morgan fingerprint density at radius 1 is 1.26 bits per heavy atom. The average Bonchev–Trinajstić information content (AvgIpc) is 2.88. The Morgan fingerprint density at radius 2 is 2.00 bits per heavy atom. The first-order valence-electron chi connectivity index (χ1n) is 6.69. The van der Waals surface area contributed by atoms with Crippen LogP contribution >= 0.6 is 23.8 Å². The van der Waals surface area contributed by atoms with Crippen LogP contribution in [-0.4, -0.2) is 19.7 Å². The number of nitrogens with zero attached hydrogens (tertiary/aromatic N) is 3. The van der Waals surface area contributed by atoms with Crippen molar-refractivity contribution in [1.82, 2.24) is 14.8 Å². The first-order valence-corrected chi connectivity index (χ1v) is 7.48. The number of benzene rings is 2. The number of H-pyrrole nitrogens is 1. The number of non-ortho nitro benzene ring substituents is 1. The van der Waals surface area contributed by atoms with Gasteiger partial charge in [-0.15, -0.1) is 0 Å².